The summed E-state index contributed by atoms with van der Waals surface area (Å²) in [5.41, 5.74) is 0.0473. The summed E-state index contributed by atoms with van der Waals surface area (Å²) in [6, 6.07) is 0. The third-order valence-corrected chi connectivity index (χ3v) is 2.07. The van der Waals surface area contributed by atoms with E-state index in [1.165, 1.54) is 7.11 Å². The fourth-order valence-electron chi connectivity index (χ4n) is 1.31. The standard InChI is InChI=1S/C10H16N4O4/c1-4-11-10-12-7(2)8(14(15)16)9(13-10)18-6-5-17-3/h4-6H2,1-3H3,(H,11,12,13). The van der Waals surface area contributed by atoms with Gasteiger partial charge >= 0.3 is 5.69 Å². The van der Waals surface area contributed by atoms with Crippen LogP contribution in [0.15, 0.2) is 0 Å². The Morgan fingerprint density at radius 3 is 2.67 bits per heavy atom. The van der Waals surface area contributed by atoms with Crippen molar-refractivity contribution in [2.75, 3.05) is 32.2 Å². The Morgan fingerprint density at radius 2 is 2.11 bits per heavy atom. The highest BCUT2D eigenvalue weighted by Gasteiger charge is 2.23. The maximum atomic E-state index is 10.9. The molecular weight excluding hydrogens is 240 g/mol. The Bertz CT molecular complexity index is 425. The van der Waals surface area contributed by atoms with E-state index in [-0.39, 0.29) is 23.9 Å². The second kappa shape index (κ2) is 6.70. The second-order valence-electron chi connectivity index (χ2n) is 3.42. The van der Waals surface area contributed by atoms with Crippen molar-refractivity contribution in [2.45, 2.75) is 13.8 Å². The monoisotopic (exact) mass is 256 g/mol. The number of nitro groups is 1. The molecule has 0 spiro atoms. The number of methoxy groups -OCH3 is 1. The van der Waals surface area contributed by atoms with Gasteiger partial charge in [0.05, 0.1) is 11.5 Å². The molecule has 0 aliphatic carbocycles. The lowest BCUT2D eigenvalue weighted by Gasteiger charge is -2.09. The average molecular weight is 256 g/mol. The fraction of sp³-hybridized carbons (Fsp3) is 0.600. The molecule has 0 unspecified atom stereocenters. The summed E-state index contributed by atoms with van der Waals surface area (Å²) in [5, 5.41) is 13.8. The normalized spacial score (nSPS) is 10.2. The number of aryl methyl sites for hydroxylation is 1. The molecule has 18 heavy (non-hydrogen) atoms. The van der Waals surface area contributed by atoms with Crippen LogP contribution in [0.25, 0.3) is 0 Å². The van der Waals surface area contributed by atoms with Gasteiger partial charge in [-0.25, -0.2) is 4.98 Å². The molecule has 8 nitrogen and oxygen atoms in total. The quantitative estimate of drug-likeness (QED) is 0.443. The number of hydrogen-bond donors (Lipinski definition) is 1. The van der Waals surface area contributed by atoms with Crippen LogP contribution in [0.4, 0.5) is 11.6 Å². The van der Waals surface area contributed by atoms with Crippen LogP contribution in [0.5, 0.6) is 5.88 Å². The molecule has 1 N–H and O–H groups in total. The zero-order chi connectivity index (χ0) is 13.5. The lowest BCUT2D eigenvalue weighted by Crippen LogP contribution is -2.11. The molecule has 1 rings (SSSR count). The van der Waals surface area contributed by atoms with Gasteiger partial charge in [-0.3, -0.25) is 10.1 Å². The van der Waals surface area contributed by atoms with Gasteiger partial charge in [0.15, 0.2) is 0 Å². The van der Waals surface area contributed by atoms with Crippen molar-refractivity contribution in [3.8, 4) is 5.88 Å². The van der Waals surface area contributed by atoms with E-state index in [0.717, 1.165) is 0 Å². The number of hydrogen-bond acceptors (Lipinski definition) is 7. The van der Waals surface area contributed by atoms with E-state index < -0.39 is 4.92 Å². The molecular formula is C10H16N4O4. The third-order valence-electron chi connectivity index (χ3n) is 2.07. The van der Waals surface area contributed by atoms with Crippen molar-refractivity contribution in [2.24, 2.45) is 0 Å². The number of rotatable bonds is 7. The molecule has 0 radical (unpaired) electrons. The summed E-state index contributed by atoms with van der Waals surface area (Å²) in [6.07, 6.45) is 0. The third kappa shape index (κ3) is 3.52. The summed E-state index contributed by atoms with van der Waals surface area (Å²) in [4.78, 5) is 18.4. The van der Waals surface area contributed by atoms with Gasteiger partial charge in [0, 0.05) is 13.7 Å². The van der Waals surface area contributed by atoms with Crippen molar-refractivity contribution in [1.82, 2.24) is 9.97 Å². The van der Waals surface area contributed by atoms with Crippen molar-refractivity contribution >= 4 is 11.6 Å². The summed E-state index contributed by atoms with van der Waals surface area (Å²) in [7, 11) is 1.52. The van der Waals surface area contributed by atoms with Gasteiger partial charge in [-0.15, -0.1) is 0 Å². The lowest BCUT2D eigenvalue weighted by atomic mass is 10.3. The predicted molar refractivity (Wildman–Crippen MR) is 65.0 cm³/mol. The molecule has 0 saturated heterocycles. The van der Waals surface area contributed by atoms with E-state index in [2.05, 4.69) is 15.3 Å². The van der Waals surface area contributed by atoms with Crippen molar-refractivity contribution in [3.05, 3.63) is 15.8 Å². The largest absolute Gasteiger partial charge is 0.470 e. The first-order chi connectivity index (χ1) is 8.60. The SMILES string of the molecule is CCNc1nc(C)c([N+](=O)[O-])c(OCCOC)n1. The number of nitrogens with one attached hydrogen (secondary N) is 1. The Hall–Kier alpha value is -1.96. The molecule has 0 amide bonds. The van der Waals surface area contributed by atoms with Crippen LogP contribution >= 0.6 is 0 Å². The first-order valence-corrected chi connectivity index (χ1v) is 5.48. The van der Waals surface area contributed by atoms with Crippen LogP contribution < -0.4 is 10.1 Å². The molecule has 1 aromatic heterocycles. The van der Waals surface area contributed by atoms with E-state index in [9.17, 15) is 10.1 Å². The first-order valence-electron chi connectivity index (χ1n) is 5.48. The minimum Gasteiger partial charge on any atom is -0.470 e. The molecule has 1 heterocycles. The molecule has 0 fully saturated rings. The number of aromatic nitrogens is 2. The van der Waals surface area contributed by atoms with E-state index in [1.807, 2.05) is 6.92 Å². The van der Waals surface area contributed by atoms with Gasteiger partial charge < -0.3 is 14.8 Å². The Kier molecular flexibility index (Phi) is 5.25. The Balaban J connectivity index is 3.03. The van der Waals surface area contributed by atoms with Gasteiger partial charge in [-0.05, 0) is 13.8 Å². The van der Waals surface area contributed by atoms with Crippen molar-refractivity contribution in [3.63, 3.8) is 0 Å². The fourth-order valence-corrected chi connectivity index (χ4v) is 1.31. The van der Waals surface area contributed by atoms with Crippen molar-refractivity contribution < 1.29 is 14.4 Å². The van der Waals surface area contributed by atoms with Crippen LogP contribution in [0, 0.1) is 17.0 Å². The highest BCUT2D eigenvalue weighted by molar-refractivity contribution is 5.48. The molecule has 1 aromatic rings. The molecule has 0 aliphatic rings. The Labute approximate surface area is 104 Å². The topological polar surface area (TPSA) is 99.4 Å². The summed E-state index contributed by atoms with van der Waals surface area (Å²) in [6.45, 7) is 4.57. The predicted octanol–water partition coefficient (Wildman–Crippen LogP) is 1.15. The van der Waals surface area contributed by atoms with Gasteiger partial charge in [0.1, 0.15) is 12.3 Å². The zero-order valence-corrected chi connectivity index (χ0v) is 10.6. The molecule has 8 heteroatoms. The smallest absolute Gasteiger partial charge is 0.352 e. The second-order valence-corrected chi connectivity index (χ2v) is 3.42. The van der Waals surface area contributed by atoms with Gasteiger partial charge in [0.25, 0.3) is 5.88 Å². The van der Waals surface area contributed by atoms with Crippen LogP contribution in [-0.2, 0) is 4.74 Å². The van der Waals surface area contributed by atoms with E-state index >= 15 is 0 Å². The zero-order valence-electron chi connectivity index (χ0n) is 10.6. The molecule has 100 valence electrons. The van der Waals surface area contributed by atoms with Gasteiger partial charge in [-0.1, -0.05) is 0 Å². The van der Waals surface area contributed by atoms with Gasteiger partial charge in [-0.2, -0.15) is 4.98 Å². The molecule has 0 atom stereocenters. The highest BCUT2D eigenvalue weighted by atomic mass is 16.6. The van der Waals surface area contributed by atoms with E-state index in [4.69, 9.17) is 9.47 Å². The number of anilines is 1. The summed E-state index contributed by atoms with van der Waals surface area (Å²) < 4.78 is 10.1. The maximum Gasteiger partial charge on any atom is 0.352 e. The van der Waals surface area contributed by atoms with Crippen LogP contribution in [0.1, 0.15) is 12.6 Å². The minimum absolute atomic E-state index is 0.0412. The first kappa shape index (κ1) is 14.1. The summed E-state index contributed by atoms with van der Waals surface area (Å²) in [5.74, 6) is 0.272. The Morgan fingerprint density at radius 1 is 1.39 bits per heavy atom. The molecule has 0 aliphatic heterocycles. The molecule has 0 bridgehead atoms. The van der Waals surface area contributed by atoms with Crippen LogP contribution in [0.2, 0.25) is 0 Å². The lowest BCUT2D eigenvalue weighted by molar-refractivity contribution is -0.387. The average Bonchev–Trinajstić information content (AvgIpc) is 2.28. The highest BCUT2D eigenvalue weighted by Crippen LogP contribution is 2.28. The maximum absolute atomic E-state index is 10.9. The van der Waals surface area contributed by atoms with Gasteiger partial charge in [0.2, 0.25) is 5.95 Å². The summed E-state index contributed by atoms with van der Waals surface area (Å²) >= 11 is 0. The van der Waals surface area contributed by atoms with Crippen LogP contribution in [-0.4, -0.2) is 41.8 Å². The molecule has 0 saturated carbocycles. The molecule has 0 aromatic carbocycles. The number of nitrogens with zero attached hydrogens (tertiary/aromatic N) is 3. The van der Waals surface area contributed by atoms with Crippen LogP contribution in [0.3, 0.4) is 0 Å². The number of ether oxygens (including phenoxy) is 2. The van der Waals surface area contributed by atoms with Crippen molar-refractivity contribution in [1.29, 1.82) is 0 Å². The van der Waals surface area contributed by atoms with E-state index in [1.54, 1.807) is 6.92 Å². The minimum atomic E-state index is -0.548. The van der Waals surface area contributed by atoms with E-state index in [0.29, 0.717) is 19.1 Å².